The molecule has 86 valence electrons. The first-order chi connectivity index (χ1) is 7.54. The van der Waals surface area contributed by atoms with Gasteiger partial charge in [0.2, 0.25) is 5.91 Å². The fourth-order valence-electron chi connectivity index (χ4n) is 1.20. The average Bonchev–Trinajstić information content (AvgIpc) is 2.28. The van der Waals surface area contributed by atoms with E-state index in [-0.39, 0.29) is 11.7 Å². The molecule has 0 aromatic heterocycles. The van der Waals surface area contributed by atoms with Gasteiger partial charge in [-0.1, -0.05) is 6.92 Å². The molecule has 0 saturated carbocycles. The number of nitrogens with one attached hydrogen (secondary N) is 1. The van der Waals surface area contributed by atoms with Crippen LogP contribution < -0.4 is 5.32 Å². The van der Waals surface area contributed by atoms with Crippen LogP contribution in [0.3, 0.4) is 0 Å². The summed E-state index contributed by atoms with van der Waals surface area (Å²) in [6, 6.07) is 6.71. The quantitative estimate of drug-likeness (QED) is 0.649. The second-order valence-corrected chi connectivity index (χ2v) is 4.11. The van der Waals surface area contributed by atoms with Crippen molar-refractivity contribution in [2.75, 3.05) is 5.32 Å². The molecule has 0 bridgehead atoms. The van der Waals surface area contributed by atoms with Crippen LogP contribution in [0, 0.1) is 0 Å². The van der Waals surface area contributed by atoms with Gasteiger partial charge in [-0.15, -0.1) is 11.6 Å². The molecule has 0 saturated heterocycles. The number of alkyl halides is 1. The van der Waals surface area contributed by atoms with Crippen molar-refractivity contribution >= 4 is 29.0 Å². The Morgan fingerprint density at radius 2 is 1.88 bits per heavy atom. The van der Waals surface area contributed by atoms with E-state index in [1.807, 2.05) is 0 Å². The van der Waals surface area contributed by atoms with Crippen LogP contribution in [0.5, 0.6) is 0 Å². The second-order valence-electron chi connectivity index (χ2n) is 3.46. The maximum absolute atomic E-state index is 11.5. The number of halogens is 1. The predicted molar refractivity (Wildman–Crippen MR) is 65.0 cm³/mol. The highest BCUT2D eigenvalue weighted by atomic mass is 35.5. The molecule has 1 N–H and O–H groups in total. The molecule has 0 radical (unpaired) electrons. The van der Waals surface area contributed by atoms with Gasteiger partial charge >= 0.3 is 0 Å². The standard InChI is InChI=1S/C12H14ClNO2/c1-3-11(15)14-10-6-4-9(5-7-10)12(16)8(2)13/h4-8H,3H2,1-2H3,(H,14,15). The minimum absolute atomic E-state index is 0.0511. The van der Waals surface area contributed by atoms with Gasteiger partial charge < -0.3 is 5.32 Å². The SMILES string of the molecule is CCC(=O)Nc1ccc(C(=O)C(C)Cl)cc1. The summed E-state index contributed by atoms with van der Waals surface area (Å²) in [5.74, 6) is -0.167. The highest BCUT2D eigenvalue weighted by Gasteiger charge is 2.11. The largest absolute Gasteiger partial charge is 0.326 e. The lowest BCUT2D eigenvalue weighted by Crippen LogP contribution is -2.12. The predicted octanol–water partition coefficient (Wildman–Crippen LogP) is 2.85. The topological polar surface area (TPSA) is 46.2 Å². The maximum atomic E-state index is 11.5. The Morgan fingerprint density at radius 1 is 1.31 bits per heavy atom. The Morgan fingerprint density at radius 3 is 2.31 bits per heavy atom. The molecule has 0 spiro atoms. The summed E-state index contributed by atoms with van der Waals surface area (Å²) in [5, 5.41) is 2.17. The molecule has 0 fully saturated rings. The minimum Gasteiger partial charge on any atom is -0.326 e. The third kappa shape index (κ3) is 3.35. The van der Waals surface area contributed by atoms with Crippen molar-refractivity contribution in [2.24, 2.45) is 0 Å². The maximum Gasteiger partial charge on any atom is 0.224 e. The van der Waals surface area contributed by atoms with Crippen molar-refractivity contribution in [3.63, 3.8) is 0 Å². The third-order valence-corrected chi connectivity index (χ3v) is 2.33. The number of anilines is 1. The van der Waals surface area contributed by atoms with E-state index in [0.29, 0.717) is 17.7 Å². The van der Waals surface area contributed by atoms with Gasteiger partial charge in [-0.3, -0.25) is 9.59 Å². The lowest BCUT2D eigenvalue weighted by Gasteiger charge is -2.05. The zero-order valence-electron chi connectivity index (χ0n) is 9.29. The monoisotopic (exact) mass is 239 g/mol. The zero-order valence-corrected chi connectivity index (χ0v) is 10.0. The van der Waals surface area contributed by atoms with Crippen LogP contribution in [0.1, 0.15) is 30.6 Å². The minimum atomic E-state index is -0.531. The first kappa shape index (κ1) is 12.7. The first-order valence-electron chi connectivity index (χ1n) is 5.12. The lowest BCUT2D eigenvalue weighted by atomic mass is 10.1. The second kappa shape index (κ2) is 5.66. The number of Topliss-reactive ketones (excluding diaryl/α,β-unsaturated/α-hetero) is 1. The first-order valence-corrected chi connectivity index (χ1v) is 5.56. The van der Waals surface area contributed by atoms with Gasteiger partial charge in [0.1, 0.15) is 0 Å². The van der Waals surface area contributed by atoms with E-state index in [9.17, 15) is 9.59 Å². The number of ketones is 1. The van der Waals surface area contributed by atoms with E-state index in [1.54, 1.807) is 38.1 Å². The van der Waals surface area contributed by atoms with E-state index in [1.165, 1.54) is 0 Å². The van der Waals surface area contributed by atoms with Crippen molar-refractivity contribution in [3.05, 3.63) is 29.8 Å². The lowest BCUT2D eigenvalue weighted by molar-refractivity contribution is -0.115. The number of carbonyl (C=O) groups is 2. The van der Waals surface area contributed by atoms with Gasteiger partial charge in [0, 0.05) is 17.7 Å². The number of carbonyl (C=O) groups excluding carboxylic acids is 2. The van der Waals surface area contributed by atoms with Crippen LogP contribution in [0.15, 0.2) is 24.3 Å². The summed E-state index contributed by atoms with van der Waals surface area (Å²) in [4.78, 5) is 22.6. The number of hydrogen-bond donors (Lipinski definition) is 1. The molecule has 1 amide bonds. The van der Waals surface area contributed by atoms with E-state index in [0.717, 1.165) is 0 Å². The van der Waals surface area contributed by atoms with Crippen molar-refractivity contribution < 1.29 is 9.59 Å². The van der Waals surface area contributed by atoms with Gasteiger partial charge in [-0.2, -0.15) is 0 Å². The molecule has 1 unspecified atom stereocenters. The third-order valence-electron chi connectivity index (χ3n) is 2.14. The van der Waals surface area contributed by atoms with E-state index < -0.39 is 5.38 Å². The van der Waals surface area contributed by atoms with E-state index >= 15 is 0 Å². The molecule has 0 aliphatic rings. The van der Waals surface area contributed by atoms with Crippen LogP contribution >= 0.6 is 11.6 Å². The molecule has 0 aliphatic carbocycles. The molecule has 0 heterocycles. The Kier molecular flexibility index (Phi) is 4.50. The summed E-state index contributed by atoms with van der Waals surface area (Å²) in [6.45, 7) is 3.42. The average molecular weight is 240 g/mol. The summed E-state index contributed by atoms with van der Waals surface area (Å²) in [7, 11) is 0. The van der Waals surface area contributed by atoms with E-state index in [2.05, 4.69) is 5.32 Å². The van der Waals surface area contributed by atoms with Crippen LogP contribution in [-0.4, -0.2) is 17.1 Å². The van der Waals surface area contributed by atoms with Gasteiger partial charge in [0.15, 0.2) is 5.78 Å². The highest BCUT2D eigenvalue weighted by molar-refractivity contribution is 6.33. The summed E-state index contributed by atoms with van der Waals surface area (Å²) in [5.41, 5.74) is 1.24. The molecule has 4 heteroatoms. The van der Waals surface area contributed by atoms with E-state index in [4.69, 9.17) is 11.6 Å². The number of rotatable bonds is 4. The fraction of sp³-hybridized carbons (Fsp3) is 0.333. The smallest absolute Gasteiger partial charge is 0.224 e. The van der Waals surface area contributed by atoms with Crippen molar-refractivity contribution in [1.82, 2.24) is 0 Å². The Bertz CT molecular complexity index is 385. The van der Waals surface area contributed by atoms with Crippen LogP contribution in [0.2, 0.25) is 0 Å². The molecule has 1 rings (SSSR count). The molecule has 3 nitrogen and oxygen atoms in total. The summed E-state index contributed by atoms with van der Waals surface area (Å²) < 4.78 is 0. The Balaban J connectivity index is 2.75. The number of amides is 1. The van der Waals surface area contributed by atoms with Gasteiger partial charge in [0.05, 0.1) is 5.38 Å². The zero-order chi connectivity index (χ0) is 12.1. The molecule has 1 aromatic rings. The number of hydrogen-bond acceptors (Lipinski definition) is 2. The Labute approximate surface area is 99.8 Å². The van der Waals surface area contributed by atoms with Gasteiger partial charge in [0.25, 0.3) is 0 Å². The van der Waals surface area contributed by atoms with Crippen molar-refractivity contribution in [1.29, 1.82) is 0 Å². The molecule has 16 heavy (non-hydrogen) atoms. The molecule has 1 atom stereocenters. The fourth-order valence-corrected chi connectivity index (χ4v) is 1.32. The summed E-state index contributed by atoms with van der Waals surface area (Å²) >= 11 is 5.69. The molecule has 0 aliphatic heterocycles. The molecular weight excluding hydrogens is 226 g/mol. The van der Waals surface area contributed by atoms with Gasteiger partial charge in [-0.05, 0) is 31.2 Å². The van der Waals surface area contributed by atoms with Crippen LogP contribution in [-0.2, 0) is 4.79 Å². The molecular formula is C12H14ClNO2. The Hall–Kier alpha value is -1.35. The van der Waals surface area contributed by atoms with Gasteiger partial charge in [-0.25, -0.2) is 0 Å². The van der Waals surface area contributed by atoms with Crippen LogP contribution in [0.4, 0.5) is 5.69 Å². The summed E-state index contributed by atoms with van der Waals surface area (Å²) in [6.07, 6.45) is 0.430. The van der Waals surface area contributed by atoms with Crippen molar-refractivity contribution in [3.8, 4) is 0 Å². The molecule has 1 aromatic carbocycles. The van der Waals surface area contributed by atoms with Crippen molar-refractivity contribution in [2.45, 2.75) is 25.6 Å². The number of benzene rings is 1. The normalized spacial score (nSPS) is 11.9. The highest BCUT2D eigenvalue weighted by Crippen LogP contribution is 2.13. The van der Waals surface area contributed by atoms with Crippen LogP contribution in [0.25, 0.3) is 0 Å².